The number of esters is 1. The molecule has 0 bridgehead atoms. The van der Waals surface area contributed by atoms with Crippen molar-refractivity contribution in [2.24, 2.45) is 4.99 Å². The molecule has 1 atom stereocenters. The minimum absolute atomic E-state index is 0.108. The first kappa shape index (κ1) is 26.4. The molecule has 9 heteroatoms. The molecule has 1 fully saturated rings. The summed E-state index contributed by atoms with van der Waals surface area (Å²) in [5.74, 6) is 1.14. The highest BCUT2D eigenvalue weighted by molar-refractivity contribution is 7.15. The smallest absolute Gasteiger partial charge is 0.308 e. The molecule has 0 unspecified atom stereocenters. The Hall–Kier alpha value is -3.82. The van der Waals surface area contributed by atoms with Crippen molar-refractivity contribution >= 4 is 28.7 Å². The number of piperazine rings is 1. The number of ether oxygens (including phenoxy) is 1. The van der Waals surface area contributed by atoms with E-state index in [0.717, 1.165) is 60.4 Å². The molecule has 0 spiro atoms. The lowest BCUT2D eigenvalue weighted by Crippen LogP contribution is -2.45. The predicted molar refractivity (Wildman–Crippen MR) is 159 cm³/mol. The van der Waals surface area contributed by atoms with Crippen molar-refractivity contribution in [2.45, 2.75) is 39.8 Å². The Morgan fingerprint density at radius 3 is 2.40 bits per heavy atom. The third kappa shape index (κ3) is 4.95. The van der Waals surface area contributed by atoms with E-state index in [9.17, 15) is 4.79 Å². The molecular formula is C31H34N6O2S. The van der Waals surface area contributed by atoms with Crippen molar-refractivity contribution in [3.8, 4) is 5.00 Å². The Balaban J connectivity index is 1.28. The fourth-order valence-corrected chi connectivity index (χ4v) is 6.82. The number of rotatable bonds is 6. The number of thiophene rings is 1. The first-order valence-corrected chi connectivity index (χ1v) is 14.5. The molecule has 6 rings (SSSR count). The number of benzene rings is 2. The SMILES string of the molecule is COC(=O)C[C@@H]1N=C(c2ccc(N3CCN(Cc4ccccc4)CC3)cc2)c2c(sc(C)c2C)-n2c(C)nnc21. The molecule has 2 aliphatic heterocycles. The Morgan fingerprint density at radius 1 is 0.975 bits per heavy atom. The Kier molecular flexibility index (Phi) is 7.25. The molecule has 2 aliphatic rings. The van der Waals surface area contributed by atoms with Gasteiger partial charge in [0.15, 0.2) is 5.82 Å². The zero-order valence-corrected chi connectivity index (χ0v) is 24.2. The largest absolute Gasteiger partial charge is 0.469 e. The second-order valence-electron chi connectivity index (χ2n) is 10.5. The van der Waals surface area contributed by atoms with E-state index in [2.05, 4.69) is 93.0 Å². The van der Waals surface area contributed by atoms with Crippen molar-refractivity contribution in [3.63, 3.8) is 0 Å². The number of carbonyl (C=O) groups excluding carboxylic acids is 1. The minimum atomic E-state index is -0.486. The maximum absolute atomic E-state index is 12.4. The number of hydrogen-bond acceptors (Lipinski definition) is 8. The van der Waals surface area contributed by atoms with Crippen molar-refractivity contribution in [2.75, 3.05) is 38.2 Å². The fourth-order valence-electron chi connectivity index (χ4n) is 5.60. The molecule has 4 aromatic rings. The Morgan fingerprint density at radius 2 is 1.70 bits per heavy atom. The standard InChI is InChI=1S/C31H34N6O2S/c1-20-21(2)40-31-28(20)29(32-26(18-27(38)39-4)30-34-33-22(3)37(30)31)24-10-12-25(13-11-24)36-16-14-35(15-17-36)19-23-8-6-5-7-9-23/h5-13,26H,14-19H2,1-4H3/t26-/m0/s1. The van der Waals surface area contributed by atoms with Crippen LogP contribution in [0, 0.1) is 20.8 Å². The number of hydrogen-bond donors (Lipinski definition) is 0. The van der Waals surface area contributed by atoms with Gasteiger partial charge in [0.1, 0.15) is 16.9 Å². The highest BCUT2D eigenvalue weighted by atomic mass is 32.1. The first-order valence-electron chi connectivity index (χ1n) is 13.7. The number of carbonyl (C=O) groups is 1. The highest BCUT2D eigenvalue weighted by Gasteiger charge is 2.32. The summed E-state index contributed by atoms with van der Waals surface area (Å²) < 4.78 is 7.07. The lowest BCUT2D eigenvalue weighted by atomic mass is 9.99. The molecule has 206 valence electrons. The van der Waals surface area contributed by atoms with Gasteiger partial charge in [-0.15, -0.1) is 21.5 Å². The number of aromatic nitrogens is 3. The summed E-state index contributed by atoms with van der Waals surface area (Å²) in [5, 5.41) is 9.85. The predicted octanol–water partition coefficient (Wildman–Crippen LogP) is 5.03. The number of aliphatic imine (C=N–C) groups is 1. The van der Waals surface area contributed by atoms with Gasteiger partial charge in [0, 0.05) is 54.4 Å². The van der Waals surface area contributed by atoms with Crippen LogP contribution in [0.1, 0.15) is 51.2 Å². The molecule has 0 aliphatic carbocycles. The molecule has 0 N–H and O–H groups in total. The van der Waals surface area contributed by atoms with Gasteiger partial charge in [-0.25, -0.2) is 0 Å². The van der Waals surface area contributed by atoms with Gasteiger partial charge in [0.2, 0.25) is 0 Å². The lowest BCUT2D eigenvalue weighted by Gasteiger charge is -2.36. The van der Waals surface area contributed by atoms with Crippen LogP contribution in [0.25, 0.3) is 5.00 Å². The molecule has 1 saturated heterocycles. The Labute approximate surface area is 238 Å². The van der Waals surface area contributed by atoms with Crippen LogP contribution in [-0.4, -0.2) is 64.6 Å². The summed E-state index contributed by atoms with van der Waals surface area (Å²) in [6.45, 7) is 11.3. The van der Waals surface area contributed by atoms with E-state index in [1.165, 1.54) is 28.8 Å². The minimum Gasteiger partial charge on any atom is -0.469 e. The van der Waals surface area contributed by atoms with Gasteiger partial charge in [0.25, 0.3) is 0 Å². The summed E-state index contributed by atoms with van der Waals surface area (Å²) in [5.41, 5.74) is 6.77. The number of nitrogens with zero attached hydrogens (tertiary/aromatic N) is 6. The Bertz CT molecular complexity index is 1550. The number of methoxy groups -OCH3 is 1. The van der Waals surface area contributed by atoms with E-state index in [0.29, 0.717) is 5.82 Å². The third-order valence-electron chi connectivity index (χ3n) is 7.95. The zero-order valence-electron chi connectivity index (χ0n) is 23.4. The van der Waals surface area contributed by atoms with Crippen LogP contribution in [0.2, 0.25) is 0 Å². The van der Waals surface area contributed by atoms with E-state index in [1.807, 2.05) is 6.92 Å². The fraction of sp³-hybridized carbons (Fsp3) is 0.355. The topological polar surface area (TPSA) is 75.8 Å². The lowest BCUT2D eigenvalue weighted by molar-refractivity contribution is -0.141. The van der Waals surface area contributed by atoms with E-state index in [1.54, 1.807) is 11.3 Å². The number of anilines is 1. The molecule has 0 radical (unpaired) electrons. The van der Waals surface area contributed by atoms with Crippen molar-refractivity contribution in [1.29, 1.82) is 0 Å². The van der Waals surface area contributed by atoms with Crippen molar-refractivity contribution in [1.82, 2.24) is 19.7 Å². The molecule has 40 heavy (non-hydrogen) atoms. The average Bonchev–Trinajstić information content (AvgIpc) is 3.45. The first-order chi connectivity index (χ1) is 19.4. The number of fused-ring (bicyclic) bond motifs is 3. The van der Waals surface area contributed by atoms with Gasteiger partial charge in [0.05, 0.1) is 19.2 Å². The summed E-state index contributed by atoms with van der Waals surface area (Å²) in [4.78, 5) is 23.8. The quantitative estimate of drug-likeness (QED) is 0.311. The van der Waals surface area contributed by atoms with Crippen LogP contribution in [0.15, 0.2) is 59.6 Å². The molecule has 8 nitrogen and oxygen atoms in total. The molecule has 2 aromatic carbocycles. The van der Waals surface area contributed by atoms with Crippen molar-refractivity contribution < 1.29 is 9.53 Å². The number of aryl methyl sites for hydroxylation is 2. The molecule has 2 aromatic heterocycles. The van der Waals surface area contributed by atoms with Crippen LogP contribution in [0.3, 0.4) is 0 Å². The van der Waals surface area contributed by atoms with Gasteiger partial charge in [-0.3, -0.25) is 19.3 Å². The molecular weight excluding hydrogens is 520 g/mol. The van der Waals surface area contributed by atoms with Gasteiger partial charge in [-0.1, -0.05) is 42.5 Å². The van der Waals surface area contributed by atoms with Crippen LogP contribution in [-0.2, 0) is 16.1 Å². The van der Waals surface area contributed by atoms with Gasteiger partial charge < -0.3 is 9.64 Å². The normalized spacial score (nSPS) is 17.1. The zero-order chi connectivity index (χ0) is 27.8. The van der Waals surface area contributed by atoms with Gasteiger partial charge in [-0.05, 0) is 44.0 Å². The van der Waals surface area contributed by atoms with Crippen LogP contribution >= 0.6 is 11.3 Å². The van der Waals surface area contributed by atoms with Crippen LogP contribution < -0.4 is 4.90 Å². The van der Waals surface area contributed by atoms with E-state index >= 15 is 0 Å². The average molecular weight is 555 g/mol. The second-order valence-corrected chi connectivity index (χ2v) is 11.7. The van der Waals surface area contributed by atoms with E-state index < -0.39 is 6.04 Å². The molecule has 0 saturated carbocycles. The summed E-state index contributed by atoms with van der Waals surface area (Å²) in [7, 11) is 1.41. The third-order valence-corrected chi connectivity index (χ3v) is 9.15. The summed E-state index contributed by atoms with van der Waals surface area (Å²) >= 11 is 1.72. The van der Waals surface area contributed by atoms with Gasteiger partial charge in [-0.2, -0.15) is 0 Å². The maximum atomic E-state index is 12.4. The summed E-state index contributed by atoms with van der Waals surface area (Å²) in [6.07, 6.45) is 0.108. The van der Waals surface area contributed by atoms with Crippen LogP contribution in [0.5, 0.6) is 0 Å². The van der Waals surface area contributed by atoms with E-state index in [-0.39, 0.29) is 12.4 Å². The monoisotopic (exact) mass is 554 g/mol. The highest BCUT2D eigenvalue weighted by Crippen LogP contribution is 2.39. The van der Waals surface area contributed by atoms with Crippen molar-refractivity contribution in [3.05, 3.63) is 93.4 Å². The van der Waals surface area contributed by atoms with E-state index in [4.69, 9.17) is 9.73 Å². The van der Waals surface area contributed by atoms with Crippen LogP contribution in [0.4, 0.5) is 5.69 Å². The maximum Gasteiger partial charge on any atom is 0.308 e. The second kappa shape index (κ2) is 11.0. The molecule has 4 heterocycles. The van der Waals surface area contributed by atoms with Gasteiger partial charge >= 0.3 is 5.97 Å². The summed E-state index contributed by atoms with van der Waals surface area (Å²) in [6, 6.07) is 18.9. The molecule has 0 amide bonds.